The van der Waals surface area contributed by atoms with Gasteiger partial charge in [-0.15, -0.1) is 0 Å². The minimum atomic E-state index is -1.08. The van der Waals surface area contributed by atoms with Gasteiger partial charge in [0.05, 0.1) is 11.6 Å². The zero-order valence-electron chi connectivity index (χ0n) is 27.3. The zero-order valence-corrected chi connectivity index (χ0v) is 28.3. The molecule has 2 aliphatic rings. The molecule has 3 atom stereocenters. The molecule has 0 aromatic heterocycles. The van der Waals surface area contributed by atoms with Gasteiger partial charge >= 0.3 is 16.8 Å². The van der Waals surface area contributed by atoms with Crippen LogP contribution in [0.1, 0.15) is 126 Å². The number of nitrogens with zero attached hydrogens (tertiary/aromatic N) is 2. The Hall–Kier alpha value is -3.17. The van der Waals surface area contributed by atoms with Crippen LogP contribution in [0.2, 0.25) is 0 Å². The Morgan fingerprint density at radius 3 is 1.70 bits per heavy atom. The van der Waals surface area contributed by atoms with Crippen LogP contribution in [-0.4, -0.2) is 46.2 Å². The van der Waals surface area contributed by atoms with Gasteiger partial charge in [0.25, 0.3) is 0 Å². The van der Waals surface area contributed by atoms with E-state index in [0.29, 0.717) is 17.4 Å². The number of carbonyl (C=O) groups is 2. The van der Waals surface area contributed by atoms with Crippen LogP contribution in [0.4, 0.5) is 0 Å². The molecule has 2 aliphatic carbocycles. The van der Waals surface area contributed by atoms with Crippen molar-refractivity contribution in [1.29, 1.82) is 0 Å². The maximum absolute atomic E-state index is 10.9. The number of fused-ring (bicyclic) bond motifs is 2. The number of aliphatic carboxylic acids is 2. The molecule has 2 aromatic rings. The van der Waals surface area contributed by atoms with E-state index in [9.17, 15) is 10.2 Å². The van der Waals surface area contributed by atoms with Crippen molar-refractivity contribution in [2.75, 3.05) is 0 Å². The van der Waals surface area contributed by atoms with Crippen LogP contribution in [0.3, 0.4) is 0 Å². The predicted molar refractivity (Wildman–Crippen MR) is 168 cm³/mol. The fourth-order valence-corrected chi connectivity index (χ4v) is 5.94. The van der Waals surface area contributed by atoms with Crippen molar-refractivity contribution in [3.8, 4) is 11.5 Å². The molecular weight excluding hydrogens is 603 g/mol. The summed E-state index contributed by atoms with van der Waals surface area (Å²) in [5.41, 5.74) is 5.83. The van der Waals surface area contributed by atoms with E-state index in [-0.39, 0.29) is 40.2 Å². The minimum absolute atomic E-state index is 0. The maximum atomic E-state index is 10.9. The second-order valence-corrected chi connectivity index (χ2v) is 12.2. The summed E-state index contributed by atoms with van der Waals surface area (Å²) in [6, 6.07) is 8.47. The van der Waals surface area contributed by atoms with Crippen molar-refractivity contribution in [3.05, 3.63) is 57.6 Å². The standard InChI is InChI=1S/C31H42N2O2.2C2H4O2.Co/c1-7-21-11-24(29(34)26(13-21)19(3)4)17-32-28-15-23-9-10-31(28,16-23)33-18-25-12-22(8-2)14-27(20(5)6)30(25)35;2*1-2(3)4;/h11-14,17-20,23,28,34-35H,7-10,15-16H2,1-6H3;2*1H3,(H,3,4);/q;;;+2/p-2. The van der Waals surface area contributed by atoms with Crippen LogP contribution < -0.4 is 10.2 Å². The normalized spacial score (nSPS) is 20.3. The second kappa shape index (κ2) is 17.3. The molecule has 0 saturated heterocycles. The number of benzene rings is 2. The number of carboxylic acid groups (broad SMARTS) is 2. The molecule has 0 heterocycles. The van der Waals surface area contributed by atoms with E-state index in [1.807, 2.05) is 12.4 Å². The van der Waals surface area contributed by atoms with E-state index >= 15 is 0 Å². The molecule has 0 aliphatic heterocycles. The number of phenols is 2. The number of aliphatic imine (C=N–C) groups is 2. The number of aromatic hydroxyl groups is 2. The summed E-state index contributed by atoms with van der Waals surface area (Å²) in [6.45, 7) is 14.7. The molecule has 3 unspecified atom stereocenters. The Kier molecular flexibility index (Phi) is 15.3. The third kappa shape index (κ3) is 10.5. The van der Waals surface area contributed by atoms with Crippen LogP contribution in [0.5, 0.6) is 11.5 Å². The molecule has 2 aromatic carbocycles. The molecule has 1 radical (unpaired) electrons. The summed E-state index contributed by atoms with van der Waals surface area (Å²) in [7, 11) is 0. The van der Waals surface area contributed by atoms with E-state index in [4.69, 9.17) is 29.8 Å². The quantitative estimate of drug-likeness (QED) is 0.391. The van der Waals surface area contributed by atoms with Gasteiger partial charge in [0.2, 0.25) is 0 Å². The molecule has 2 bridgehead atoms. The van der Waals surface area contributed by atoms with Gasteiger partial charge in [-0.2, -0.15) is 0 Å². The molecule has 2 saturated carbocycles. The van der Waals surface area contributed by atoms with Crippen molar-refractivity contribution < 1.29 is 46.8 Å². The Morgan fingerprint density at radius 2 is 1.32 bits per heavy atom. The number of hydrogen-bond donors (Lipinski definition) is 2. The van der Waals surface area contributed by atoms with E-state index in [1.165, 1.54) is 17.5 Å². The first-order chi connectivity index (χ1) is 20.1. The summed E-state index contributed by atoms with van der Waals surface area (Å²) < 4.78 is 0. The molecule has 243 valence electrons. The van der Waals surface area contributed by atoms with Gasteiger partial charge in [-0.1, -0.05) is 53.7 Å². The number of carboxylic acids is 2. The SMILES string of the molecule is CC(=O)[O-].CC(=O)[O-].CCc1cc(C=NC2CC3CCC2(N=Cc2cc(CC)cc(C(C)C)c2O)C3)c(O)c(C(C)C)c1.[Co+2]. The van der Waals surface area contributed by atoms with Crippen molar-refractivity contribution in [3.63, 3.8) is 0 Å². The van der Waals surface area contributed by atoms with Crippen molar-refractivity contribution >= 4 is 24.4 Å². The van der Waals surface area contributed by atoms with Gasteiger partial charge in [0.15, 0.2) is 0 Å². The monoisotopic (exact) mass is 651 g/mol. The van der Waals surface area contributed by atoms with E-state index in [0.717, 1.165) is 68.2 Å². The van der Waals surface area contributed by atoms with Crippen LogP contribution in [0.15, 0.2) is 34.3 Å². The van der Waals surface area contributed by atoms with Gasteiger partial charge in [0.1, 0.15) is 11.5 Å². The second-order valence-electron chi connectivity index (χ2n) is 12.2. The van der Waals surface area contributed by atoms with Gasteiger partial charge < -0.3 is 30.0 Å². The predicted octanol–water partition coefficient (Wildman–Crippen LogP) is 4.83. The zero-order chi connectivity index (χ0) is 32.5. The molecule has 0 spiro atoms. The Balaban J connectivity index is 0.000000962. The molecule has 0 amide bonds. The first-order valence-electron chi connectivity index (χ1n) is 15.3. The third-order valence-electron chi connectivity index (χ3n) is 8.18. The van der Waals surface area contributed by atoms with Crippen molar-refractivity contribution in [1.82, 2.24) is 0 Å². The van der Waals surface area contributed by atoms with Crippen LogP contribution in [0, 0.1) is 5.92 Å². The minimum Gasteiger partial charge on any atom is -0.550 e. The molecule has 44 heavy (non-hydrogen) atoms. The number of hydrogen-bond acceptors (Lipinski definition) is 8. The Bertz CT molecular complexity index is 1320. The molecule has 2 fully saturated rings. The summed E-state index contributed by atoms with van der Waals surface area (Å²) >= 11 is 0. The fraction of sp³-hybridized carbons (Fsp3) is 0.543. The molecular formula is C35H48CoN2O6. The average Bonchev–Trinajstić information content (AvgIpc) is 3.49. The first-order valence-corrected chi connectivity index (χ1v) is 15.3. The molecule has 2 N–H and O–H groups in total. The summed E-state index contributed by atoms with van der Waals surface area (Å²) in [5, 5.41) is 39.6. The van der Waals surface area contributed by atoms with E-state index < -0.39 is 11.9 Å². The van der Waals surface area contributed by atoms with E-state index in [2.05, 4.69) is 65.8 Å². The number of rotatable bonds is 8. The fourth-order valence-electron chi connectivity index (χ4n) is 5.94. The molecule has 4 rings (SSSR count). The first kappa shape index (κ1) is 38.9. The molecule has 9 heteroatoms. The summed E-state index contributed by atoms with van der Waals surface area (Å²) in [5.74, 6) is -0.294. The van der Waals surface area contributed by atoms with Crippen molar-refractivity contribution in [2.24, 2.45) is 15.9 Å². The summed E-state index contributed by atoms with van der Waals surface area (Å²) in [6.07, 6.45) is 9.96. The maximum Gasteiger partial charge on any atom is 2.00 e. The number of aryl methyl sites for hydroxylation is 2. The number of phenolic OH excluding ortho intramolecular Hbond substituents is 2. The molecule has 8 nitrogen and oxygen atoms in total. The largest absolute Gasteiger partial charge is 2.00 e. The van der Waals surface area contributed by atoms with Crippen LogP contribution in [-0.2, 0) is 39.2 Å². The average molecular weight is 652 g/mol. The Labute approximate surface area is 272 Å². The number of carbonyl (C=O) groups excluding carboxylic acids is 2. The smallest absolute Gasteiger partial charge is 0.550 e. The van der Waals surface area contributed by atoms with Gasteiger partial charge in [-0.3, -0.25) is 9.98 Å². The van der Waals surface area contributed by atoms with Crippen LogP contribution in [0.25, 0.3) is 0 Å². The van der Waals surface area contributed by atoms with Gasteiger partial charge in [-0.25, -0.2) is 0 Å². The van der Waals surface area contributed by atoms with E-state index in [1.54, 1.807) is 0 Å². The van der Waals surface area contributed by atoms with Gasteiger partial charge in [-0.05, 0) is 105 Å². The summed E-state index contributed by atoms with van der Waals surface area (Å²) in [4.78, 5) is 28.0. The van der Waals surface area contributed by atoms with Crippen LogP contribution >= 0.6 is 0 Å². The van der Waals surface area contributed by atoms with Crippen molar-refractivity contribution in [2.45, 2.75) is 117 Å². The third-order valence-corrected chi connectivity index (χ3v) is 8.18. The Morgan fingerprint density at radius 1 is 0.886 bits per heavy atom. The van der Waals surface area contributed by atoms with Gasteiger partial charge in [0, 0.05) is 35.5 Å². The topological polar surface area (TPSA) is 145 Å².